The van der Waals surface area contributed by atoms with Crippen molar-refractivity contribution in [3.8, 4) is 0 Å². The van der Waals surface area contributed by atoms with Crippen LogP contribution < -0.4 is 5.73 Å². The van der Waals surface area contributed by atoms with Crippen molar-refractivity contribution in [1.29, 1.82) is 0 Å². The maximum Gasteiger partial charge on any atom is 0.411 e. The molecule has 0 saturated heterocycles. The zero-order valence-corrected chi connectivity index (χ0v) is 9.54. The van der Waals surface area contributed by atoms with Crippen LogP contribution in [0.25, 0.3) is 0 Å². The number of aromatic nitrogens is 2. The number of hydrogen-bond acceptors (Lipinski definition) is 5. The molecule has 0 saturated carbocycles. The Morgan fingerprint density at radius 3 is 2.53 bits per heavy atom. The molecule has 0 aliphatic heterocycles. The molecule has 1 rings (SSSR count). The van der Waals surface area contributed by atoms with E-state index >= 15 is 0 Å². The van der Waals surface area contributed by atoms with Crippen LogP contribution in [-0.2, 0) is 16.8 Å². The van der Waals surface area contributed by atoms with Crippen molar-refractivity contribution in [3.05, 3.63) is 11.7 Å². The Kier molecular flexibility index (Phi) is 4.10. The zero-order valence-electron chi connectivity index (χ0n) is 9.54. The molecule has 0 aromatic carbocycles. The van der Waals surface area contributed by atoms with E-state index in [9.17, 15) is 13.2 Å². The molecule has 8 heteroatoms. The second kappa shape index (κ2) is 5.01. The summed E-state index contributed by atoms with van der Waals surface area (Å²) in [6.07, 6.45) is -4.36. The molecule has 0 bridgehead atoms. The second-order valence-electron chi connectivity index (χ2n) is 4.21. The van der Waals surface area contributed by atoms with E-state index in [1.54, 1.807) is 13.8 Å². The van der Waals surface area contributed by atoms with Gasteiger partial charge in [0.15, 0.2) is 5.82 Å². The molecule has 0 spiro atoms. The average Bonchev–Trinajstić information content (AvgIpc) is 2.65. The maximum absolute atomic E-state index is 11.8. The first kappa shape index (κ1) is 13.9. The van der Waals surface area contributed by atoms with E-state index in [0.717, 1.165) is 0 Å². The molecule has 5 nitrogen and oxygen atoms in total. The van der Waals surface area contributed by atoms with Gasteiger partial charge in [0.1, 0.15) is 13.2 Å². The number of rotatable bonds is 5. The molecule has 2 N–H and O–H groups in total. The fraction of sp³-hybridized carbons (Fsp3) is 0.778. The average molecular weight is 253 g/mol. The normalized spacial score (nSPS) is 13.1. The number of ether oxygens (including phenoxy) is 1. The summed E-state index contributed by atoms with van der Waals surface area (Å²) in [5, 5.41) is 3.52. The Labute approximate surface area is 96.1 Å². The zero-order chi connectivity index (χ0) is 13.1. The minimum Gasteiger partial charge on any atom is -0.364 e. The van der Waals surface area contributed by atoms with Crippen molar-refractivity contribution in [3.63, 3.8) is 0 Å². The summed E-state index contributed by atoms with van der Waals surface area (Å²) in [6, 6.07) is 0. The van der Waals surface area contributed by atoms with E-state index in [1.807, 2.05) is 0 Å². The first-order chi connectivity index (χ1) is 7.74. The van der Waals surface area contributed by atoms with Crippen LogP contribution in [0.1, 0.15) is 25.6 Å². The Morgan fingerprint density at radius 1 is 1.35 bits per heavy atom. The van der Waals surface area contributed by atoms with E-state index in [4.69, 9.17) is 10.3 Å². The summed E-state index contributed by atoms with van der Waals surface area (Å²) in [5.74, 6) is 0.358. The van der Waals surface area contributed by atoms with Crippen LogP contribution in [0.4, 0.5) is 13.2 Å². The Balaban J connectivity index is 2.52. The predicted octanol–water partition coefficient (Wildman–Crippen LogP) is 1.38. The van der Waals surface area contributed by atoms with E-state index in [2.05, 4.69) is 14.9 Å². The Morgan fingerprint density at radius 2 is 2.00 bits per heavy atom. The van der Waals surface area contributed by atoms with Gasteiger partial charge < -0.3 is 15.0 Å². The highest BCUT2D eigenvalue weighted by atomic mass is 19.4. The van der Waals surface area contributed by atoms with Crippen molar-refractivity contribution in [1.82, 2.24) is 10.1 Å². The first-order valence-corrected chi connectivity index (χ1v) is 4.92. The number of hydrogen-bond donors (Lipinski definition) is 1. The molecule has 1 aromatic rings. The minimum atomic E-state index is -4.36. The van der Waals surface area contributed by atoms with Gasteiger partial charge in [-0.15, -0.1) is 0 Å². The van der Waals surface area contributed by atoms with Crippen LogP contribution >= 0.6 is 0 Å². The van der Waals surface area contributed by atoms with Gasteiger partial charge in [-0.2, -0.15) is 18.2 Å². The lowest BCUT2D eigenvalue weighted by Crippen LogP contribution is -2.28. The van der Waals surface area contributed by atoms with Crippen LogP contribution in [-0.4, -0.2) is 29.5 Å². The molecular weight excluding hydrogens is 239 g/mol. The molecular formula is C9H14F3N3O2. The summed E-state index contributed by atoms with van der Waals surface area (Å²) in [5.41, 5.74) is 4.99. The van der Waals surface area contributed by atoms with Gasteiger partial charge in [0.2, 0.25) is 5.89 Å². The highest BCUT2D eigenvalue weighted by molar-refractivity contribution is 5.01. The lowest BCUT2D eigenvalue weighted by molar-refractivity contribution is -0.177. The first-order valence-electron chi connectivity index (χ1n) is 4.92. The minimum absolute atomic E-state index is 0.0748. The van der Waals surface area contributed by atoms with Crippen LogP contribution in [0, 0.1) is 0 Å². The maximum atomic E-state index is 11.8. The topological polar surface area (TPSA) is 74.2 Å². The fourth-order valence-electron chi connectivity index (χ4n) is 0.933. The largest absolute Gasteiger partial charge is 0.411 e. The summed E-state index contributed by atoms with van der Waals surface area (Å²) < 4.78 is 44.7. The van der Waals surface area contributed by atoms with Gasteiger partial charge in [0.25, 0.3) is 0 Å². The summed E-state index contributed by atoms with van der Waals surface area (Å²) in [6.45, 7) is 2.20. The Hall–Kier alpha value is -1.15. The molecule has 98 valence electrons. The fourth-order valence-corrected chi connectivity index (χ4v) is 0.933. The molecule has 0 radical (unpaired) electrons. The van der Waals surface area contributed by atoms with Crippen LogP contribution in [0.5, 0.6) is 0 Å². The quantitative estimate of drug-likeness (QED) is 0.858. The van der Waals surface area contributed by atoms with Gasteiger partial charge in [0.05, 0.1) is 5.41 Å². The van der Waals surface area contributed by atoms with E-state index in [0.29, 0.717) is 0 Å². The van der Waals surface area contributed by atoms with Crippen molar-refractivity contribution in [2.75, 3.05) is 13.2 Å². The third-order valence-corrected chi connectivity index (χ3v) is 2.05. The molecule has 0 fully saturated rings. The number of nitrogens with zero attached hydrogens (tertiary/aromatic N) is 2. The van der Waals surface area contributed by atoms with Gasteiger partial charge in [0, 0.05) is 6.54 Å². The molecule has 0 amide bonds. The molecule has 17 heavy (non-hydrogen) atoms. The van der Waals surface area contributed by atoms with Crippen LogP contribution in [0.3, 0.4) is 0 Å². The monoisotopic (exact) mass is 253 g/mol. The second-order valence-corrected chi connectivity index (χ2v) is 4.21. The van der Waals surface area contributed by atoms with Crippen LogP contribution in [0.2, 0.25) is 0 Å². The number of alkyl halides is 3. The molecule has 1 aromatic heterocycles. The van der Waals surface area contributed by atoms with Crippen molar-refractivity contribution < 1.29 is 22.4 Å². The SMILES string of the molecule is CC(C)(CN)c1nc(COCC(F)(F)F)no1. The predicted molar refractivity (Wildman–Crippen MR) is 52.1 cm³/mol. The third kappa shape index (κ3) is 4.31. The summed E-state index contributed by atoms with van der Waals surface area (Å²) in [7, 11) is 0. The standard InChI is InChI=1S/C9H14F3N3O2/c1-8(2,4-13)7-14-6(15-17-7)3-16-5-9(10,11)12/h3-5,13H2,1-2H3. The van der Waals surface area contributed by atoms with Gasteiger partial charge >= 0.3 is 6.18 Å². The van der Waals surface area contributed by atoms with E-state index in [1.165, 1.54) is 0 Å². The molecule has 0 unspecified atom stereocenters. The van der Waals surface area contributed by atoms with Gasteiger partial charge in [-0.3, -0.25) is 0 Å². The summed E-state index contributed by atoms with van der Waals surface area (Å²) >= 11 is 0. The number of nitrogens with two attached hydrogens (primary N) is 1. The van der Waals surface area contributed by atoms with Gasteiger partial charge in [-0.05, 0) is 13.8 Å². The van der Waals surface area contributed by atoms with Crippen molar-refractivity contribution in [2.24, 2.45) is 5.73 Å². The smallest absolute Gasteiger partial charge is 0.364 e. The van der Waals surface area contributed by atoms with Gasteiger partial charge in [-0.1, -0.05) is 5.16 Å². The van der Waals surface area contributed by atoms with Gasteiger partial charge in [-0.25, -0.2) is 0 Å². The van der Waals surface area contributed by atoms with Crippen molar-refractivity contribution >= 4 is 0 Å². The van der Waals surface area contributed by atoms with Crippen molar-refractivity contribution in [2.45, 2.75) is 32.0 Å². The van der Waals surface area contributed by atoms with E-state index in [-0.39, 0.29) is 24.9 Å². The molecule has 0 aliphatic carbocycles. The summed E-state index contributed by atoms with van der Waals surface area (Å²) in [4.78, 5) is 3.92. The molecule has 0 aliphatic rings. The van der Waals surface area contributed by atoms with Crippen LogP contribution in [0.15, 0.2) is 4.52 Å². The lowest BCUT2D eigenvalue weighted by Gasteiger charge is -2.15. The Bertz CT molecular complexity index is 363. The highest BCUT2D eigenvalue weighted by Gasteiger charge is 2.29. The molecule has 0 atom stereocenters. The van der Waals surface area contributed by atoms with E-state index < -0.39 is 18.2 Å². The highest BCUT2D eigenvalue weighted by Crippen LogP contribution is 2.20. The number of halogens is 3. The lowest BCUT2D eigenvalue weighted by atomic mass is 9.94. The molecule has 1 heterocycles. The third-order valence-electron chi connectivity index (χ3n) is 2.05.